The Balaban J connectivity index is 1.34. The van der Waals surface area contributed by atoms with E-state index in [2.05, 4.69) is 47.7 Å². The van der Waals surface area contributed by atoms with Gasteiger partial charge in [-0.2, -0.15) is 0 Å². The SMILES string of the molecule is CCn1ccnc1C1CCCN(C(=O)CCc2ccc(-c3ccc(C)cc3)o2)C1. The summed E-state index contributed by atoms with van der Waals surface area (Å²) >= 11 is 0. The molecule has 4 rings (SSSR count). The highest BCUT2D eigenvalue weighted by Crippen LogP contribution is 2.27. The first-order valence-corrected chi connectivity index (χ1v) is 10.6. The molecule has 1 saturated heterocycles. The Bertz CT molecular complexity index is 955. The lowest BCUT2D eigenvalue weighted by Crippen LogP contribution is -2.39. The molecule has 1 aliphatic rings. The quantitative estimate of drug-likeness (QED) is 0.606. The van der Waals surface area contributed by atoms with Crippen molar-refractivity contribution < 1.29 is 9.21 Å². The van der Waals surface area contributed by atoms with Crippen LogP contribution in [0.15, 0.2) is 53.2 Å². The molecule has 2 aromatic heterocycles. The minimum absolute atomic E-state index is 0.206. The topological polar surface area (TPSA) is 51.3 Å². The van der Waals surface area contributed by atoms with Crippen LogP contribution >= 0.6 is 0 Å². The van der Waals surface area contributed by atoms with Gasteiger partial charge in [0.2, 0.25) is 5.91 Å². The summed E-state index contributed by atoms with van der Waals surface area (Å²) in [5.74, 6) is 3.37. The number of hydrogen-bond acceptors (Lipinski definition) is 3. The van der Waals surface area contributed by atoms with Crippen molar-refractivity contribution in [1.82, 2.24) is 14.5 Å². The summed E-state index contributed by atoms with van der Waals surface area (Å²) in [6.45, 7) is 6.73. The zero-order valence-electron chi connectivity index (χ0n) is 17.3. The van der Waals surface area contributed by atoms with Crippen LogP contribution in [0.5, 0.6) is 0 Å². The number of likely N-dealkylation sites (tertiary alicyclic amines) is 1. The van der Waals surface area contributed by atoms with Crippen LogP contribution in [0.3, 0.4) is 0 Å². The Morgan fingerprint density at radius 3 is 2.83 bits per heavy atom. The Labute approximate surface area is 172 Å². The number of aromatic nitrogens is 2. The lowest BCUT2D eigenvalue weighted by atomic mass is 9.96. The number of furan rings is 1. The van der Waals surface area contributed by atoms with Crippen molar-refractivity contribution in [3.8, 4) is 11.3 Å². The number of nitrogens with zero attached hydrogens (tertiary/aromatic N) is 3. The van der Waals surface area contributed by atoms with Crippen LogP contribution < -0.4 is 0 Å². The maximum Gasteiger partial charge on any atom is 0.223 e. The lowest BCUT2D eigenvalue weighted by Gasteiger charge is -2.32. The molecule has 1 amide bonds. The third-order valence-electron chi connectivity index (χ3n) is 5.81. The number of carbonyl (C=O) groups is 1. The molecule has 1 aromatic carbocycles. The number of piperidine rings is 1. The molecule has 0 radical (unpaired) electrons. The van der Waals surface area contributed by atoms with Gasteiger partial charge in [0.25, 0.3) is 0 Å². The Hall–Kier alpha value is -2.82. The average Bonchev–Trinajstić information content (AvgIpc) is 3.42. The Kier molecular flexibility index (Phi) is 5.84. The number of imidazole rings is 1. The predicted molar refractivity (Wildman–Crippen MR) is 114 cm³/mol. The van der Waals surface area contributed by atoms with E-state index in [-0.39, 0.29) is 5.91 Å². The van der Waals surface area contributed by atoms with Gasteiger partial charge in [0.15, 0.2) is 0 Å². The van der Waals surface area contributed by atoms with Gasteiger partial charge in [-0.05, 0) is 38.8 Å². The van der Waals surface area contributed by atoms with Crippen LogP contribution in [0.4, 0.5) is 0 Å². The second-order valence-electron chi connectivity index (χ2n) is 7.88. The summed E-state index contributed by atoms with van der Waals surface area (Å²) in [4.78, 5) is 19.4. The molecular formula is C24H29N3O2. The number of amides is 1. The van der Waals surface area contributed by atoms with Crippen molar-refractivity contribution in [2.45, 2.75) is 52.0 Å². The van der Waals surface area contributed by atoms with Gasteiger partial charge < -0.3 is 13.9 Å². The molecular weight excluding hydrogens is 362 g/mol. The van der Waals surface area contributed by atoms with E-state index >= 15 is 0 Å². The summed E-state index contributed by atoms with van der Waals surface area (Å²) in [5.41, 5.74) is 2.30. The maximum absolute atomic E-state index is 12.8. The van der Waals surface area contributed by atoms with E-state index in [1.807, 2.05) is 29.4 Å². The molecule has 152 valence electrons. The van der Waals surface area contributed by atoms with Crippen molar-refractivity contribution in [3.05, 3.63) is 65.9 Å². The molecule has 0 aliphatic carbocycles. The van der Waals surface area contributed by atoms with E-state index in [9.17, 15) is 4.79 Å². The van der Waals surface area contributed by atoms with Crippen LogP contribution in [0, 0.1) is 6.92 Å². The monoisotopic (exact) mass is 391 g/mol. The number of aryl methyl sites for hydroxylation is 3. The van der Waals surface area contributed by atoms with Gasteiger partial charge in [-0.15, -0.1) is 0 Å². The minimum Gasteiger partial charge on any atom is -0.461 e. The van der Waals surface area contributed by atoms with Crippen molar-refractivity contribution in [2.75, 3.05) is 13.1 Å². The highest BCUT2D eigenvalue weighted by atomic mass is 16.3. The molecule has 0 bridgehead atoms. The summed E-state index contributed by atoms with van der Waals surface area (Å²) in [5, 5.41) is 0. The molecule has 5 heteroatoms. The molecule has 1 atom stereocenters. The zero-order valence-corrected chi connectivity index (χ0v) is 17.3. The van der Waals surface area contributed by atoms with Gasteiger partial charge in [-0.25, -0.2) is 4.98 Å². The molecule has 3 heterocycles. The number of carbonyl (C=O) groups excluding carboxylic acids is 1. The first kappa shape index (κ1) is 19.5. The van der Waals surface area contributed by atoms with E-state index in [1.54, 1.807) is 0 Å². The second-order valence-corrected chi connectivity index (χ2v) is 7.88. The second kappa shape index (κ2) is 8.68. The zero-order chi connectivity index (χ0) is 20.2. The molecule has 0 spiro atoms. The maximum atomic E-state index is 12.8. The normalized spacial score (nSPS) is 16.9. The number of hydrogen-bond donors (Lipinski definition) is 0. The Morgan fingerprint density at radius 1 is 1.21 bits per heavy atom. The third-order valence-corrected chi connectivity index (χ3v) is 5.81. The first-order chi connectivity index (χ1) is 14.1. The van der Waals surface area contributed by atoms with Gasteiger partial charge in [-0.3, -0.25) is 4.79 Å². The molecule has 1 aliphatic heterocycles. The fourth-order valence-corrected chi connectivity index (χ4v) is 4.14. The molecule has 0 N–H and O–H groups in total. The summed E-state index contributed by atoms with van der Waals surface area (Å²) in [6.07, 6.45) is 7.14. The van der Waals surface area contributed by atoms with Gasteiger partial charge in [0.1, 0.15) is 17.3 Å². The summed E-state index contributed by atoms with van der Waals surface area (Å²) in [7, 11) is 0. The van der Waals surface area contributed by atoms with Crippen molar-refractivity contribution in [1.29, 1.82) is 0 Å². The highest BCUT2D eigenvalue weighted by Gasteiger charge is 2.27. The standard InChI is InChI=1S/C24H29N3O2/c1-3-26-16-14-25-24(26)20-5-4-15-27(17-20)23(28)13-11-21-10-12-22(29-21)19-8-6-18(2)7-9-19/h6-10,12,14,16,20H,3-5,11,13,15,17H2,1-2H3. The predicted octanol–water partition coefficient (Wildman–Crippen LogP) is 4.81. The van der Waals surface area contributed by atoms with Crippen LogP contribution in [-0.2, 0) is 17.8 Å². The largest absolute Gasteiger partial charge is 0.461 e. The fourth-order valence-electron chi connectivity index (χ4n) is 4.14. The highest BCUT2D eigenvalue weighted by molar-refractivity contribution is 5.76. The van der Waals surface area contributed by atoms with Crippen molar-refractivity contribution in [2.24, 2.45) is 0 Å². The average molecular weight is 392 g/mol. The summed E-state index contributed by atoms with van der Waals surface area (Å²) in [6, 6.07) is 12.3. The van der Waals surface area contributed by atoms with Gasteiger partial charge in [-0.1, -0.05) is 29.8 Å². The smallest absolute Gasteiger partial charge is 0.223 e. The van der Waals surface area contributed by atoms with Crippen LogP contribution in [0.25, 0.3) is 11.3 Å². The lowest BCUT2D eigenvalue weighted by molar-refractivity contribution is -0.132. The number of rotatable bonds is 6. The van der Waals surface area contributed by atoms with Crippen LogP contribution in [0.2, 0.25) is 0 Å². The minimum atomic E-state index is 0.206. The Morgan fingerprint density at radius 2 is 2.03 bits per heavy atom. The van der Waals surface area contributed by atoms with Crippen molar-refractivity contribution >= 4 is 5.91 Å². The van der Waals surface area contributed by atoms with Crippen LogP contribution in [-0.4, -0.2) is 33.4 Å². The van der Waals surface area contributed by atoms with E-state index in [4.69, 9.17) is 4.42 Å². The molecule has 0 saturated carbocycles. The molecule has 29 heavy (non-hydrogen) atoms. The number of benzene rings is 1. The van der Waals surface area contributed by atoms with E-state index in [0.717, 1.165) is 55.4 Å². The van der Waals surface area contributed by atoms with E-state index in [1.165, 1.54) is 5.56 Å². The summed E-state index contributed by atoms with van der Waals surface area (Å²) < 4.78 is 8.16. The van der Waals surface area contributed by atoms with Gasteiger partial charge in [0.05, 0.1) is 0 Å². The van der Waals surface area contributed by atoms with Gasteiger partial charge in [0, 0.05) is 56.4 Å². The first-order valence-electron chi connectivity index (χ1n) is 10.6. The van der Waals surface area contributed by atoms with E-state index < -0.39 is 0 Å². The third kappa shape index (κ3) is 4.44. The molecule has 1 fully saturated rings. The van der Waals surface area contributed by atoms with Crippen LogP contribution in [0.1, 0.15) is 49.3 Å². The molecule has 1 unspecified atom stereocenters. The van der Waals surface area contributed by atoms with Crippen molar-refractivity contribution in [3.63, 3.8) is 0 Å². The molecule has 3 aromatic rings. The molecule has 5 nitrogen and oxygen atoms in total. The van der Waals surface area contributed by atoms with E-state index in [0.29, 0.717) is 18.8 Å². The fraction of sp³-hybridized carbons (Fsp3) is 0.417. The van der Waals surface area contributed by atoms with Gasteiger partial charge >= 0.3 is 0 Å².